The average molecular weight is 531 g/mol. The molecule has 0 radical (unpaired) electrons. The molecule has 2 fully saturated rings. The Hall–Kier alpha value is -3.41. The number of aliphatic imine (C=N–C) groups is 1. The van der Waals surface area contributed by atoms with Gasteiger partial charge in [0, 0.05) is 51.3 Å². The number of rotatable bonds is 8. The van der Waals surface area contributed by atoms with Gasteiger partial charge in [0.05, 0.1) is 43.8 Å². The molecule has 1 atom stereocenters. The fourth-order valence-electron chi connectivity index (χ4n) is 5.26. The Morgan fingerprint density at radius 1 is 1.21 bits per heavy atom. The molecule has 3 aliphatic rings. The van der Waals surface area contributed by atoms with Gasteiger partial charge in [0.15, 0.2) is 0 Å². The third kappa shape index (κ3) is 5.40. The number of carbonyl (C=O) groups is 1. The quantitative estimate of drug-likeness (QED) is 0.513. The minimum Gasteiger partial charge on any atom is -0.496 e. The predicted molar refractivity (Wildman–Crippen MR) is 135 cm³/mol. The standard InChI is InChI=1S/C26H32F2N6O4/c1-16(14-36-2)38-25-31-18(24(35)34-11-7-26(27,28)15-34)12-21(32-25)33-9-5-17(6-10-33)23-22-19(13-30-23)29-8-4-20(22)37-3/h4,8,12,16-17H,5-7,9-11,13-15H2,1-3H3/t16-/m1/s1. The molecule has 12 heteroatoms. The summed E-state index contributed by atoms with van der Waals surface area (Å²) in [5.74, 6) is -1.90. The average Bonchev–Trinajstić information content (AvgIpc) is 3.51. The van der Waals surface area contributed by atoms with E-state index in [0.717, 1.165) is 40.5 Å². The van der Waals surface area contributed by atoms with E-state index >= 15 is 0 Å². The van der Waals surface area contributed by atoms with E-state index in [-0.39, 0.29) is 36.7 Å². The van der Waals surface area contributed by atoms with Gasteiger partial charge in [-0.25, -0.2) is 8.78 Å². The Labute approximate surface area is 220 Å². The smallest absolute Gasteiger partial charge is 0.319 e. The minimum atomic E-state index is -2.89. The molecule has 2 saturated heterocycles. The number of anilines is 1. The second-order valence-electron chi connectivity index (χ2n) is 9.91. The highest BCUT2D eigenvalue weighted by atomic mass is 19.3. The first-order valence-corrected chi connectivity index (χ1v) is 12.8. The lowest BCUT2D eigenvalue weighted by Crippen LogP contribution is -2.37. The van der Waals surface area contributed by atoms with Gasteiger partial charge in [-0.15, -0.1) is 0 Å². The van der Waals surface area contributed by atoms with Gasteiger partial charge in [-0.05, 0) is 25.8 Å². The van der Waals surface area contributed by atoms with E-state index in [1.54, 1.807) is 33.4 Å². The summed E-state index contributed by atoms with van der Waals surface area (Å²) in [4.78, 5) is 34.4. The predicted octanol–water partition coefficient (Wildman–Crippen LogP) is 2.99. The first-order valence-electron chi connectivity index (χ1n) is 12.8. The molecular weight excluding hydrogens is 498 g/mol. The molecular formula is C26H32F2N6O4. The first-order chi connectivity index (χ1) is 18.3. The molecule has 0 spiro atoms. The van der Waals surface area contributed by atoms with Crippen LogP contribution >= 0.6 is 0 Å². The van der Waals surface area contributed by atoms with Crippen molar-refractivity contribution in [2.75, 3.05) is 51.9 Å². The van der Waals surface area contributed by atoms with Gasteiger partial charge in [0.1, 0.15) is 23.4 Å². The highest BCUT2D eigenvalue weighted by molar-refractivity contribution is 6.07. The number of halogens is 2. The Kier molecular flexibility index (Phi) is 7.42. The van der Waals surface area contributed by atoms with Crippen LogP contribution in [0.3, 0.4) is 0 Å². The molecule has 204 valence electrons. The van der Waals surface area contributed by atoms with E-state index in [2.05, 4.69) is 19.9 Å². The van der Waals surface area contributed by atoms with Crippen molar-refractivity contribution in [1.29, 1.82) is 0 Å². The Balaban J connectivity index is 1.34. The molecule has 0 unspecified atom stereocenters. The highest BCUT2D eigenvalue weighted by Gasteiger charge is 2.41. The molecule has 1 amide bonds. The molecule has 0 bridgehead atoms. The maximum Gasteiger partial charge on any atom is 0.319 e. The summed E-state index contributed by atoms with van der Waals surface area (Å²) in [5.41, 5.74) is 2.99. The van der Waals surface area contributed by atoms with Gasteiger partial charge in [0.2, 0.25) is 0 Å². The van der Waals surface area contributed by atoms with Crippen LogP contribution in [-0.4, -0.2) is 90.5 Å². The highest BCUT2D eigenvalue weighted by Crippen LogP contribution is 2.34. The van der Waals surface area contributed by atoms with Gasteiger partial charge in [-0.1, -0.05) is 0 Å². The summed E-state index contributed by atoms with van der Waals surface area (Å²) in [6.07, 6.45) is 2.66. The van der Waals surface area contributed by atoms with Gasteiger partial charge in [0.25, 0.3) is 11.8 Å². The summed E-state index contributed by atoms with van der Waals surface area (Å²) in [6, 6.07) is 3.45. The number of pyridine rings is 1. The third-order valence-electron chi connectivity index (χ3n) is 7.15. The molecule has 2 aromatic rings. The van der Waals surface area contributed by atoms with Crippen LogP contribution < -0.4 is 14.4 Å². The zero-order valence-corrected chi connectivity index (χ0v) is 21.8. The fraction of sp³-hybridized carbons (Fsp3) is 0.577. The zero-order chi connectivity index (χ0) is 26.9. The first kappa shape index (κ1) is 26.2. The number of alkyl halides is 2. The number of hydrogen-bond donors (Lipinski definition) is 0. The monoisotopic (exact) mass is 530 g/mol. The van der Waals surface area contributed by atoms with E-state index in [1.165, 1.54) is 0 Å². The van der Waals surface area contributed by atoms with Crippen LogP contribution in [0.25, 0.3) is 0 Å². The lowest BCUT2D eigenvalue weighted by molar-refractivity contribution is 0.0119. The molecule has 38 heavy (non-hydrogen) atoms. The van der Waals surface area contributed by atoms with Crippen LogP contribution in [-0.2, 0) is 11.3 Å². The number of piperidine rings is 1. The Morgan fingerprint density at radius 2 is 2.00 bits per heavy atom. The molecule has 5 heterocycles. The van der Waals surface area contributed by atoms with Crippen LogP contribution in [0.2, 0.25) is 0 Å². The van der Waals surface area contributed by atoms with Crippen molar-refractivity contribution in [1.82, 2.24) is 19.9 Å². The molecule has 0 N–H and O–H groups in total. The second kappa shape index (κ2) is 10.8. The maximum absolute atomic E-state index is 13.8. The summed E-state index contributed by atoms with van der Waals surface area (Å²) in [5, 5.41) is 0. The molecule has 0 aromatic carbocycles. The summed E-state index contributed by atoms with van der Waals surface area (Å²) in [6.45, 7) is 3.36. The van der Waals surface area contributed by atoms with Crippen molar-refractivity contribution >= 4 is 17.4 Å². The maximum atomic E-state index is 13.8. The molecule has 10 nitrogen and oxygen atoms in total. The molecule has 0 saturated carbocycles. The number of nitrogens with zero attached hydrogens (tertiary/aromatic N) is 6. The number of amides is 1. The van der Waals surface area contributed by atoms with Gasteiger partial charge < -0.3 is 24.0 Å². The largest absolute Gasteiger partial charge is 0.496 e. The van der Waals surface area contributed by atoms with Crippen LogP contribution in [0, 0.1) is 5.92 Å². The number of likely N-dealkylation sites (tertiary alicyclic amines) is 1. The van der Waals surface area contributed by atoms with E-state index < -0.39 is 18.4 Å². The Morgan fingerprint density at radius 3 is 2.68 bits per heavy atom. The van der Waals surface area contributed by atoms with Gasteiger partial charge in [-0.3, -0.25) is 14.8 Å². The van der Waals surface area contributed by atoms with Crippen LogP contribution in [0.1, 0.15) is 47.9 Å². The van der Waals surface area contributed by atoms with Crippen LogP contribution in [0.15, 0.2) is 23.3 Å². The number of aromatic nitrogens is 3. The van der Waals surface area contributed by atoms with Crippen molar-refractivity contribution in [3.05, 3.63) is 35.3 Å². The second-order valence-corrected chi connectivity index (χ2v) is 9.91. The fourth-order valence-corrected chi connectivity index (χ4v) is 5.26. The number of methoxy groups -OCH3 is 2. The van der Waals surface area contributed by atoms with Gasteiger partial charge >= 0.3 is 6.01 Å². The lowest BCUT2D eigenvalue weighted by atomic mass is 9.88. The van der Waals surface area contributed by atoms with Crippen LogP contribution in [0.4, 0.5) is 14.6 Å². The summed E-state index contributed by atoms with van der Waals surface area (Å²) in [7, 11) is 3.21. The molecule has 2 aromatic heterocycles. The minimum absolute atomic E-state index is 0.0191. The van der Waals surface area contributed by atoms with Crippen molar-refractivity contribution in [2.24, 2.45) is 10.9 Å². The molecule has 5 rings (SSSR count). The summed E-state index contributed by atoms with van der Waals surface area (Å²) < 4.78 is 44.1. The SMILES string of the molecule is COC[C@@H](C)Oc1nc(C(=O)N2CCC(F)(F)C2)cc(N2CCC(C3=NCc4nccc(OC)c43)CC2)n1. The molecule has 0 aliphatic carbocycles. The number of fused-ring (bicyclic) bond motifs is 1. The number of hydrogen-bond acceptors (Lipinski definition) is 9. The lowest BCUT2D eigenvalue weighted by Gasteiger charge is -2.33. The number of carbonyl (C=O) groups excluding carboxylic acids is 1. The van der Waals surface area contributed by atoms with Gasteiger partial charge in [-0.2, -0.15) is 9.97 Å². The Bertz CT molecular complexity index is 1220. The van der Waals surface area contributed by atoms with E-state index in [9.17, 15) is 13.6 Å². The van der Waals surface area contributed by atoms with E-state index in [1.807, 2.05) is 6.07 Å². The van der Waals surface area contributed by atoms with Crippen molar-refractivity contribution in [3.63, 3.8) is 0 Å². The van der Waals surface area contributed by atoms with Crippen molar-refractivity contribution in [3.8, 4) is 11.8 Å². The normalized spacial score (nSPS) is 19.8. The topological polar surface area (TPSA) is 102 Å². The van der Waals surface area contributed by atoms with E-state index in [0.29, 0.717) is 32.1 Å². The summed E-state index contributed by atoms with van der Waals surface area (Å²) >= 11 is 0. The third-order valence-corrected chi connectivity index (χ3v) is 7.15. The van der Waals surface area contributed by atoms with E-state index in [4.69, 9.17) is 19.2 Å². The van der Waals surface area contributed by atoms with Crippen molar-refractivity contribution in [2.45, 2.75) is 44.8 Å². The number of ether oxygens (including phenoxy) is 3. The zero-order valence-electron chi connectivity index (χ0n) is 21.8. The van der Waals surface area contributed by atoms with Crippen molar-refractivity contribution < 1.29 is 27.8 Å². The van der Waals surface area contributed by atoms with Crippen LogP contribution in [0.5, 0.6) is 11.8 Å². The molecule has 3 aliphatic heterocycles.